The Kier molecular flexibility index (Phi) is 5.62. The van der Waals surface area contributed by atoms with Gasteiger partial charge in [0.2, 0.25) is 5.91 Å². The van der Waals surface area contributed by atoms with Gasteiger partial charge in [-0.2, -0.15) is 0 Å². The summed E-state index contributed by atoms with van der Waals surface area (Å²) >= 11 is 0. The van der Waals surface area contributed by atoms with Gasteiger partial charge in [-0.25, -0.2) is 9.97 Å². The lowest BCUT2D eigenvalue weighted by Gasteiger charge is -2.09. The summed E-state index contributed by atoms with van der Waals surface area (Å²) in [6.45, 7) is 7.30. The van der Waals surface area contributed by atoms with Crippen LogP contribution in [0.4, 0.5) is 17.2 Å². The van der Waals surface area contributed by atoms with Crippen LogP contribution in [0.5, 0.6) is 0 Å². The molecule has 0 saturated carbocycles. The zero-order valence-corrected chi connectivity index (χ0v) is 13.6. The summed E-state index contributed by atoms with van der Waals surface area (Å²) in [5, 5.41) is 8.45. The van der Waals surface area contributed by atoms with E-state index in [2.05, 4.69) is 32.5 Å². The first-order valence-corrected chi connectivity index (χ1v) is 7.37. The Morgan fingerprint density at radius 3 is 2.54 bits per heavy atom. The molecule has 7 heteroatoms. The zero-order chi connectivity index (χ0) is 17.5. The van der Waals surface area contributed by atoms with Gasteiger partial charge in [0.15, 0.2) is 0 Å². The summed E-state index contributed by atoms with van der Waals surface area (Å²) in [6.07, 6.45) is 1.70. The van der Waals surface area contributed by atoms with E-state index in [-0.39, 0.29) is 17.5 Å². The summed E-state index contributed by atoms with van der Waals surface area (Å²) in [5.74, 6) is 0.505. The Balaban J connectivity index is 2.16. The fraction of sp³-hybridized carbons (Fsp3) is 0.176. The van der Waals surface area contributed by atoms with Crippen molar-refractivity contribution in [2.24, 2.45) is 0 Å². The highest BCUT2D eigenvalue weighted by atomic mass is 16.2. The van der Waals surface area contributed by atoms with E-state index >= 15 is 0 Å². The smallest absolute Gasteiger partial charge is 0.274 e. The van der Waals surface area contributed by atoms with Crippen LogP contribution in [-0.2, 0) is 4.79 Å². The van der Waals surface area contributed by atoms with Crippen molar-refractivity contribution in [1.29, 1.82) is 0 Å². The lowest BCUT2D eigenvalue weighted by molar-refractivity contribution is -0.114. The van der Waals surface area contributed by atoms with Gasteiger partial charge in [-0.05, 0) is 25.1 Å². The van der Waals surface area contributed by atoms with Gasteiger partial charge in [0.1, 0.15) is 17.3 Å². The number of hydrogen-bond donors (Lipinski definition) is 3. The molecule has 0 aliphatic rings. The first kappa shape index (κ1) is 17.1. The monoisotopic (exact) mass is 325 g/mol. The third kappa shape index (κ3) is 4.91. The lowest BCUT2D eigenvalue weighted by Crippen LogP contribution is -2.16. The van der Waals surface area contributed by atoms with Crippen LogP contribution in [-0.4, -0.2) is 28.3 Å². The van der Waals surface area contributed by atoms with E-state index in [1.165, 1.54) is 6.92 Å². The molecule has 0 saturated heterocycles. The van der Waals surface area contributed by atoms with Gasteiger partial charge in [-0.15, -0.1) is 6.58 Å². The third-order valence-corrected chi connectivity index (χ3v) is 2.94. The summed E-state index contributed by atoms with van der Waals surface area (Å²) in [5.41, 5.74) is 1.41. The van der Waals surface area contributed by atoms with Crippen LogP contribution >= 0.6 is 0 Å². The van der Waals surface area contributed by atoms with Crippen LogP contribution in [0.1, 0.15) is 23.2 Å². The second-order valence-electron chi connectivity index (χ2n) is 5.07. The predicted octanol–water partition coefficient (Wildman–Crippen LogP) is 2.59. The highest BCUT2D eigenvalue weighted by Crippen LogP contribution is 2.16. The topological polar surface area (TPSA) is 96.0 Å². The van der Waals surface area contributed by atoms with E-state index in [9.17, 15) is 9.59 Å². The highest BCUT2D eigenvalue weighted by Gasteiger charge is 2.11. The number of aryl methyl sites for hydroxylation is 1. The Morgan fingerprint density at radius 1 is 1.17 bits per heavy atom. The van der Waals surface area contributed by atoms with E-state index in [4.69, 9.17) is 0 Å². The van der Waals surface area contributed by atoms with Crippen molar-refractivity contribution in [2.45, 2.75) is 13.8 Å². The minimum absolute atomic E-state index is 0.178. The number of nitrogens with zero attached hydrogens (tertiary/aromatic N) is 2. The molecule has 2 amide bonds. The van der Waals surface area contributed by atoms with Crippen LogP contribution in [0.25, 0.3) is 0 Å². The fourth-order valence-corrected chi connectivity index (χ4v) is 2.02. The molecule has 3 N–H and O–H groups in total. The van der Waals surface area contributed by atoms with Crippen molar-refractivity contribution in [1.82, 2.24) is 9.97 Å². The Morgan fingerprint density at radius 2 is 1.88 bits per heavy atom. The van der Waals surface area contributed by atoms with Crippen LogP contribution in [0.2, 0.25) is 0 Å². The van der Waals surface area contributed by atoms with Crippen LogP contribution in [0.3, 0.4) is 0 Å². The zero-order valence-electron chi connectivity index (χ0n) is 13.6. The van der Waals surface area contributed by atoms with Gasteiger partial charge in [0.25, 0.3) is 5.91 Å². The normalized spacial score (nSPS) is 9.92. The molecule has 2 rings (SSSR count). The van der Waals surface area contributed by atoms with Gasteiger partial charge in [0.05, 0.1) is 0 Å². The molecule has 0 aliphatic heterocycles. The quantitative estimate of drug-likeness (QED) is 0.709. The number of benzene rings is 1. The summed E-state index contributed by atoms with van der Waals surface area (Å²) in [4.78, 5) is 31.8. The van der Waals surface area contributed by atoms with Gasteiger partial charge in [-0.1, -0.05) is 12.1 Å². The average Bonchev–Trinajstić information content (AvgIpc) is 2.52. The Bertz CT molecular complexity index is 773. The SMILES string of the molecule is C=CCNc1cc(C(=O)Nc2cccc(NC(C)=O)c2)nc(C)n1. The van der Waals surface area contributed by atoms with E-state index in [0.717, 1.165) is 0 Å². The molecule has 0 spiro atoms. The number of carbonyl (C=O) groups is 2. The maximum Gasteiger partial charge on any atom is 0.274 e. The number of carbonyl (C=O) groups excluding carboxylic acids is 2. The van der Waals surface area contributed by atoms with E-state index in [0.29, 0.717) is 29.6 Å². The molecule has 0 atom stereocenters. The lowest BCUT2D eigenvalue weighted by atomic mass is 10.2. The minimum Gasteiger partial charge on any atom is -0.366 e. The van der Waals surface area contributed by atoms with Crippen LogP contribution < -0.4 is 16.0 Å². The second-order valence-corrected chi connectivity index (χ2v) is 5.07. The number of aromatic nitrogens is 2. The number of amides is 2. The molecule has 0 bridgehead atoms. The molecule has 1 aromatic heterocycles. The molecule has 1 aromatic carbocycles. The van der Waals surface area contributed by atoms with Crippen LogP contribution in [0.15, 0.2) is 43.0 Å². The number of hydrogen-bond acceptors (Lipinski definition) is 5. The molecule has 0 unspecified atom stereocenters. The maximum atomic E-state index is 12.4. The van der Waals surface area contributed by atoms with Gasteiger partial charge >= 0.3 is 0 Å². The van der Waals surface area contributed by atoms with E-state index in [1.807, 2.05) is 0 Å². The van der Waals surface area contributed by atoms with Crippen molar-refractivity contribution in [3.63, 3.8) is 0 Å². The van der Waals surface area contributed by atoms with Crippen molar-refractivity contribution in [3.8, 4) is 0 Å². The molecule has 0 radical (unpaired) electrons. The maximum absolute atomic E-state index is 12.4. The number of anilines is 3. The molecule has 0 aliphatic carbocycles. The standard InChI is InChI=1S/C17H19N5O2/c1-4-8-18-16-10-15(19-11(2)20-16)17(24)22-14-7-5-6-13(9-14)21-12(3)23/h4-7,9-10H,1,8H2,2-3H3,(H,21,23)(H,22,24)(H,18,19,20). The van der Waals surface area contributed by atoms with Crippen LogP contribution in [0, 0.1) is 6.92 Å². The molecule has 7 nitrogen and oxygen atoms in total. The van der Waals surface area contributed by atoms with Crippen molar-refractivity contribution >= 4 is 29.0 Å². The number of nitrogens with one attached hydrogen (secondary N) is 3. The summed E-state index contributed by atoms with van der Waals surface area (Å²) < 4.78 is 0. The fourth-order valence-electron chi connectivity index (χ4n) is 2.02. The first-order valence-electron chi connectivity index (χ1n) is 7.37. The third-order valence-electron chi connectivity index (χ3n) is 2.94. The second kappa shape index (κ2) is 7.87. The molecule has 24 heavy (non-hydrogen) atoms. The Hall–Kier alpha value is -3.22. The molecule has 0 fully saturated rings. The minimum atomic E-state index is -0.359. The summed E-state index contributed by atoms with van der Waals surface area (Å²) in [6, 6.07) is 8.45. The Labute approximate surface area is 140 Å². The molecule has 124 valence electrons. The van der Waals surface area contributed by atoms with Crippen molar-refractivity contribution < 1.29 is 9.59 Å². The molecule has 2 aromatic rings. The largest absolute Gasteiger partial charge is 0.366 e. The predicted molar refractivity (Wildman–Crippen MR) is 94.2 cm³/mol. The van der Waals surface area contributed by atoms with Gasteiger partial charge in [-0.3, -0.25) is 9.59 Å². The first-order chi connectivity index (χ1) is 11.5. The molecule has 1 heterocycles. The van der Waals surface area contributed by atoms with Crippen molar-refractivity contribution in [2.75, 3.05) is 22.5 Å². The number of rotatable bonds is 6. The average molecular weight is 325 g/mol. The van der Waals surface area contributed by atoms with E-state index < -0.39 is 0 Å². The van der Waals surface area contributed by atoms with Gasteiger partial charge in [0, 0.05) is 30.9 Å². The molecular formula is C17H19N5O2. The summed E-state index contributed by atoms with van der Waals surface area (Å²) in [7, 11) is 0. The van der Waals surface area contributed by atoms with E-state index in [1.54, 1.807) is 43.3 Å². The van der Waals surface area contributed by atoms with Gasteiger partial charge < -0.3 is 16.0 Å². The molecular weight excluding hydrogens is 306 g/mol. The van der Waals surface area contributed by atoms with Crippen molar-refractivity contribution in [3.05, 3.63) is 54.5 Å². The highest BCUT2D eigenvalue weighted by molar-refractivity contribution is 6.03.